The summed E-state index contributed by atoms with van der Waals surface area (Å²) >= 11 is 0. The van der Waals surface area contributed by atoms with Crippen LogP contribution in [0.4, 0.5) is 11.5 Å². The van der Waals surface area contributed by atoms with Crippen molar-refractivity contribution in [3.63, 3.8) is 0 Å². The zero-order chi connectivity index (χ0) is 13.8. The molecule has 1 aliphatic rings. The summed E-state index contributed by atoms with van der Waals surface area (Å²) in [5.74, 6) is 1.65. The molecule has 0 atom stereocenters. The summed E-state index contributed by atoms with van der Waals surface area (Å²) in [6.45, 7) is 0.680. The molecule has 3 rings (SSSR count). The van der Waals surface area contributed by atoms with Crippen molar-refractivity contribution in [1.82, 2.24) is 15.3 Å². The van der Waals surface area contributed by atoms with Gasteiger partial charge in [0.2, 0.25) is 0 Å². The molecule has 0 fully saturated rings. The van der Waals surface area contributed by atoms with Crippen LogP contribution in [0, 0.1) is 0 Å². The predicted molar refractivity (Wildman–Crippen MR) is 81.2 cm³/mol. The second-order valence-electron chi connectivity index (χ2n) is 5.20. The van der Waals surface area contributed by atoms with E-state index >= 15 is 0 Å². The van der Waals surface area contributed by atoms with Gasteiger partial charge in [-0.3, -0.25) is 0 Å². The molecule has 1 aromatic carbocycles. The average molecular weight is 268 g/mol. The maximum absolute atomic E-state index is 4.49. The van der Waals surface area contributed by atoms with Crippen LogP contribution in [0.1, 0.15) is 29.8 Å². The van der Waals surface area contributed by atoms with Crippen molar-refractivity contribution in [1.29, 1.82) is 0 Å². The number of aromatic nitrogens is 2. The van der Waals surface area contributed by atoms with E-state index in [4.69, 9.17) is 0 Å². The van der Waals surface area contributed by atoms with Gasteiger partial charge in [0, 0.05) is 11.9 Å². The molecule has 0 bridgehead atoms. The van der Waals surface area contributed by atoms with Gasteiger partial charge in [0.25, 0.3) is 0 Å². The smallest absolute Gasteiger partial charge is 0.144 e. The van der Waals surface area contributed by atoms with Crippen molar-refractivity contribution < 1.29 is 0 Å². The third kappa shape index (κ3) is 2.96. The van der Waals surface area contributed by atoms with Gasteiger partial charge in [-0.05, 0) is 62.1 Å². The molecular weight excluding hydrogens is 248 g/mol. The molecule has 0 aliphatic heterocycles. The van der Waals surface area contributed by atoms with Crippen molar-refractivity contribution >= 4 is 11.5 Å². The van der Waals surface area contributed by atoms with Crippen molar-refractivity contribution in [3.8, 4) is 0 Å². The lowest BCUT2D eigenvalue weighted by molar-refractivity contribution is 0.686. The Labute approximate surface area is 119 Å². The first-order valence-corrected chi connectivity index (χ1v) is 7.20. The van der Waals surface area contributed by atoms with Crippen LogP contribution in [-0.4, -0.2) is 17.0 Å². The van der Waals surface area contributed by atoms with Gasteiger partial charge in [0.15, 0.2) is 0 Å². The van der Waals surface area contributed by atoms with Gasteiger partial charge in [0.1, 0.15) is 11.6 Å². The molecule has 2 N–H and O–H groups in total. The standard InChI is InChI=1S/C16H20N4/c1-17-11-16-18-9-8-15(20-16)19-14-7-6-12-4-2-3-5-13(12)10-14/h6-10,17H,2-5,11H2,1H3,(H,18,19,20). The van der Waals surface area contributed by atoms with Gasteiger partial charge in [-0.25, -0.2) is 9.97 Å². The molecule has 4 heteroatoms. The summed E-state index contributed by atoms with van der Waals surface area (Å²) in [6.07, 6.45) is 6.82. The fourth-order valence-electron chi connectivity index (χ4n) is 2.67. The van der Waals surface area contributed by atoms with E-state index in [0.717, 1.165) is 17.3 Å². The van der Waals surface area contributed by atoms with Crippen LogP contribution in [0.5, 0.6) is 0 Å². The van der Waals surface area contributed by atoms with Crippen LogP contribution in [0.3, 0.4) is 0 Å². The SMILES string of the molecule is CNCc1nccc(Nc2ccc3c(c2)CCCC3)n1. The highest BCUT2D eigenvalue weighted by Gasteiger charge is 2.09. The van der Waals surface area contributed by atoms with Crippen molar-refractivity contribution in [2.75, 3.05) is 12.4 Å². The minimum atomic E-state index is 0.680. The second-order valence-corrected chi connectivity index (χ2v) is 5.20. The van der Waals surface area contributed by atoms with E-state index in [2.05, 4.69) is 38.8 Å². The number of fused-ring (bicyclic) bond motifs is 1. The Morgan fingerprint density at radius 3 is 2.80 bits per heavy atom. The van der Waals surface area contributed by atoms with Crippen LogP contribution in [0.25, 0.3) is 0 Å². The Balaban J connectivity index is 1.78. The number of benzene rings is 1. The number of aryl methyl sites for hydroxylation is 2. The monoisotopic (exact) mass is 268 g/mol. The average Bonchev–Trinajstić information content (AvgIpc) is 2.48. The number of anilines is 2. The van der Waals surface area contributed by atoms with E-state index < -0.39 is 0 Å². The molecule has 0 saturated carbocycles. The molecule has 1 aliphatic carbocycles. The molecule has 104 valence electrons. The minimum Gasteiger partial charge on any atom is -0.340 e. The molecule has 4 nitrogen and oxygen atoms in total. The topological polar surface area (TPSA) is 49.8 Å². The van der Waals surface area contributed by atoms with Crippen molar-refractivity contribution in [2.45, 2.75) is 32.2 Å². The Hall–Kier alpha value is -1.94. The summed E-state index contributed by atoms with van der Waals surface area (Å²) in [7, 11) is 1.90. The van der Waals surface area contributed by atoms with Crippen LogP contribution in [-0.2, 0) is 19.4 Å². The number of rotatable bonds is 4. The highest BCUT2D eigenvalue weighted by molar-refractivity contribution is 5.58. The van der Waals surface area contributed by atoms with E-state index in [1.807, 2.05) is 13.1 Å². The van der Waals surface area contributed by atoms with Gasteiger partial charge in [0.05, 0.1) is 6.54 Å². The van der Waals surface area contributed by atoms with E-state index in [1.165, 1.54) is 36.8 Å². The molecule has 20 heavy (non-hydrogen) atoms. The third-order valence-corrected chi connectivity index (χ3v) is 3.66. The molecule has 0 amide bonds. The number of nitrogens with one attached hydrogen (secondary N) is 2. The number of hydrogen-bond acceptors (Lipinski definition) is 4. The maximum atomic E-state index is 4.49. The van der Waals surface area contributed by atoms with Gasteiger partial charge in [-0.15, -0.1) is 0 Å². The third-order valence-electron chi connectivity index (χ3n) is 3.66. The first-order chi connectivity index (χ1) is 9.85. The maximum Gasteiger partial charge on any atom is 0.144 e. The first kappa shape index (κ1) is 13.1. The van der Waals surface area contributed by atoms with Gasteiger partial charge < -0.3 is 10.6 Å². The quantitative estimate of drug-likeness (QED) is 0.895. The normalized spacial score (nSPS) is 13.8. The summed E-state index contributed by atoms with van der Waals surface area (Å²) in [4.78, 5) is 8.71. The first-order valence-electron chi connectivity index (χ1n) is 7.20. The van der Waals surface area contributed by atoms with Crippen LogP contribution >= 0.6 is 0 Å². The van der Waals surface area contributed by atoms with Gasteiger partial charge in [-0.1, -0.05) is 6.07 Å². The highest BCUT2D eigenvalue weighted by atomic mass is 15.0. The fraction of sp³-hybridized carbons (Fsp3) is 0.375. The summed E-state index contributed by atoms with van der Waals surface area (Å²) < 4.78 is 0. The van der Waals surface area contributed by atoms with E-state index in [-0.39, 0.29) is 0 Å². The Kier molecular flexibility index (Phi) is 3.92. The van der Waals surface area contributed by atoms with Crippen LogP contribution in [0.2, 0.25) is 0 Å². The lowest BCUT2D eigenvalue weighted by atomic mass is 9.91. The molecule has 0 spiro atoms. The predicted octanol–water partition coefficient (Wildman–Crippen LogP) is 2.82. The number of hydrogen-bond donors (Lipinski definition) is 2. The summed E-state index contributed by atoms with van der Waals surface area (Å²) in [5, 5.41) is 6.44. The van der Waals surface area contributed by atoms with E-state index in [0.29, 0.717) is 6.54 Å². The van der Waals surface area contributed by atoms with Crippen LogP contribution in [0.15, 0.2) is 30.5 Å². The summed E-state index contributed by atoms with van der Waals surface area (Å²) in [6, 6.07) is 8.55. The summed E-state index contributed by atoms with van der Waals surface area (Å²) in [5.41, 5.74) is 4.09. The van der Waals surface area contributed by atoms with Crippen molar-refractivity contribution in [3.05, 3.63) is 47.4 Å². The Morgan fingerprint density at radius 1 is 1.10 bits per heavy atom. The van der Waals surface area contributed by atoms with Gasteiger partial charge in [-0.2, -0.15) is 0 Å². The highest BCUT2D eigenvalue weighted by Crippen LogP contribution is 2.25. The largest absolute Gasteiger partial charge is 0.340 e. The molecule has 2 aromatic rings. The molecule has 1 aromatic heterocycles. The minimum absolute atomic E-state index is 0.680. The van der Waals surface area contributed by atoms with Gasteiger partial charge >= 0.3 is 0 Å². The van der Waals surface area contributed by atoms with E-state index in [1.54, 1.807) is 6.20 Å². The fourth-order valence-corrected chi connectivity index (χ4v) is 2.67. The molecule has 0 radical (unpaired) electrons. The van der Waals surface area contributed by atoms with E-state index in [9.17, 15) is 0 Å². The van der Waals surface area contributed by atoms with Crippen molar-refractivity contribution in [2.24, 2.45) is 0 Å². The zero-order valence-electron chi connectivity index (χ0n) is 11.8. The van der Waals surface area contributed by atoms with Crippen LogP contribution < -0.4 is 10.6 Å². The Bertz CT molecular complexity index is 595. The lowest BCUT2D eigenvalue weighted by Crippen LogP contribution is -2.10. The molecular formula is C16H20N4. The molecule has 0 saturated heterocycles. The Morgan fingerprint density at radius 2 is 1.95 bits per heavy atom. The second kappa shape index (κ2) is 6.01. The number of nitrogens with zero attached hydrogens (tertiary/aromatic N) is 2. The zero-order valence-corrected chi connectivity index (χ0v) is 11.8. The molecule has 1 heterocycles. The lowest BCUT2D eigenvalue weighted by Gasteiger charge is -2.17. The molecule has 0 unspecified atom stereocenters.